The molecule has 7 nitrogen and oxygen atoms in total. The van der Waals surface area contributed by atoms with Crippen LogP contribution in [0.5, 0.6) is 0 Å². The van der Waals surface area contributed by atoms with Crippen molar-refractivity contribution >= 4 is 17.0 Å². The van der Waals surface area contributed by atoms with E-state index < -0.39 is 0 Å². The van der Waals surface area contributed by atoms with Crippen molar-refractivity contribution in [3.05, 3.63) is 16.6 Å². The molecule has 1 atom stereocenters. The first-order valence-electron chi connectivity index (χ1n) is 9.86. The molecule has 0 spiro atoms. The lowest BCUT2D eigenvalue weighted by atomic mass is 10.0. The van der Waals surface area contributed by atoms with Crippen LogP contribution in [0.2, 0.25) is 0 Å². The minimum absolute atomic E-state index is 0.139. The molecule has 2 aromatic rings. The predicted molar refractivity (Wildman–Crippen MR) is 106 cm³/mol. The molecular weight excluding hydrogens is 328 g/mol. The molecule has 3 heterocycles. The first-order valence-corrected chi connectivity index (χ1v) is 9.86. The predicted octanol–water partition coefficient (Wildman–Crippen LogP) is 2.94. The first kappa shape index (κ1) is 18.9. The highest BCUT2D eigenvalue weighted by Crippen LogP contribution is 2.20. The average molecular weight is 361 g/mol. The normalized spacial score (nSPS) is 19.2. The summed E-state index contributed by atoms with van der Waals surface area (Å²) in [5.74, 6) is 0.537. The van der Waals surface area contributed by atoms with Crippen molar-refractivity contribution in [1.29, 1.82) is 0 Å². The topological polar surface area (TPSA) is 78.8 Å². The van der Waals surface area contributed by atoms with Crippen LogP contribution in [0.15, 0.2) is 11.0 Å². The molecule has 2 N–H and O–H groups in total. The molecule has 1 fully saturated rings. The zero-order valence-corrected chi connectivity index (χ0v) is 16.5. The van der Waals surface area contributed by atoms with E-state index in [4.69, 9.17) is 0 Å². The molecule has 0 aliphatic carbocycles. The fourth-order valence-corrected chi connectivity index (χ4v) is 3.65. The summed E-state index contributed by atoms with van der Waals surface area (Å²) in [7, 11) is 0. The van der Waals surface area contributed by atoms with Crippen molar-refractivity contribution in [2.24, 2.45) is 0 Å². The fourth-order valence-electron chi connectivity index (χ4n) is 3.65. The van der Waals surface area contributed by atoms with Crippen molar-refractivity contribution in [1.82, 2.24) is 24.6 Å². The highest BCUT2D eigenvalue weighted by Gasteiger charge is 2.23. The van der Waals surface area contributed by atoms with Gasteiger partial charge in [-0.1, -0.05) is 19.8 Å². The van der Waals surface area contributed by atoms with E-state index in [1.54, 1.807) is 6.20 Å². The van der Waals surface area contributed by atoms with Crippen LogP contribution >= 0.6 is 0 Å². The van der Waals surface area contributed by atoms with Crippen LogP contribution in [0, 0.1) is 0 Å². The molecule has 1 saturated heterocycles. The van der Waals surface area contributed by atoms with Crippen LogP contribution in [0.25, 0.3) is 11.0 Å². The van der Waals surface area contributed by atoms with Crippen LogP contribution in [-0.4, -0.2) is 50.3 Å². The maximum absolute atomic E-state index is 12.4. The van der Waals surface area contributed by atoms with Gasteiger partial charge in [0.2, 0.25) is 5.95 Å². The third-order valence-corrected chi connectivity index (χ3v) is 5.13. The van der Waals surface area contributed by atoms with Gasteiger partial charge in [-0.25, -0.2) is 4.68 Å². The molecule has 1 aliphatic heterocycles. The van der Waals surface area contributed by atoms with E-state index in [-0.39, 0.29) is 11.1 Å². The van der Waals surface area contributed by atoms with Gasteiger partial charge in [-0.3, -0.25) is 14.7 Å². The number of unbranched alkanes of at least 4 members (excludes halogenated alkanes) is 1. The molecule has 26 heavy (non-hydrogen) atoms. The third-order valence-electron chi connectivity index (χ3n) is 5.13. The van der Waals surface area contributed by atoms with E-state index in [2.05, 4.69) is 53.0 Å². The number of aromatic amines is 1. The number of rotatable bonds is 6. The lowest BCUT2D eigenvalue weighted by Gasteiger charge is -2.35. The fraction of sp³-hybridized carbons (Fsp3) is 0.737. The summed E-state index contributed by atoms with van der Waals surface area (Å²) in [5.41, 5.74) is 0.273. The van der Waals surface area contributed by atoms with Crippen molar-refractivity contribution in [3.63, 3.8) is 0 Å². The second-order valence-electron chi connectivity index (χ2n) is 8.30. The number of piperidine rings is 1. The highest BCUT2D eigenvalue weighted by molar-refractivity contribution is 5.74. The number of fused-ring (bicyclic) bond motifs is 1. The Hall–Kier alpha value is -1.89. The lowest BCUT2D eigenvalue weighted by Crippen LogP contribution is -2.44. The summed E-state index contributed by atoms with van der Waals surface area (Å²) < 4.78 is 1.82. The average Bonchev–Trinajstić information content (AvgIpc) is 3.03. The minimum Gasteiger partial charge on any atom is -0.354 e. The van der Waals surface area contributed by atoms with Gasteiger partial charge < -0.3 is 5.32 Å². The number of anilines is 1. The van der Waals surface area contributed by atoms with Crippen molar-refractivity contribution in [3.8, 4) is 0 Å². The lowest BCUT2D eigenvalue weighted by molar-refractivity contribution is 0.154. The van der Waals surface area contributed by atoms with Gasteiger partial charge in [-0.2, -0.15) is 10.1 Å². The van der Waals surface area contributed by atoms with Crippen LogP contribution in [0.3, 0.4) is 0 Å². The van der Waals surface area contributed by atoms with Gasteiger partial charge in [0.05, 0.1) is 11.7 Å². The molecule has 0 radical (unpaired) electrons. The molecule has 3 rings (SSSR count). The summed E-state index contributed by atoms with van der Waals surface area (Å²) in [6.45, 7) is 11.5. The maximum Gasteiger partial charge on any atom is 0.263 e. The quantitative estimate of drug-likeness (QED) is 0.828. The Balaban J connectivity index is 1.77. The summed E-state index contributed by atoms with van der Waals surface area (Å²) in [5, 5.41) is 8.27. The minimum atomic E-state index is -0.222. The Morgan fingerprint density at radius 3 is 2.88 bits per heavy atom. The number of hydrogen-bond donors (Lipinski definition) is 2. The van der Waals surface area contributed by atoms with Crippen LogP contribution in [-0.2, 0) is 5.54 Å². The molecule has 2 aromatic heterocycles. The van der Waals surface area contributed by atoms with Gasteiger partial charge in [0, 0.05) is 12.6 Å². The van der Waals surface area contributed by atoms with Gasteiger partial charge in [0.25, 0.3) is 5.56 Å². The Morgan fingerprint density at radius 2 is 2.15 bits per heavy atom. The molecule has 1 aliphatic rings. The largest absolute Gasteiger partial charge is 0.354 e. The van der Waals surface area contributed by atoms with Crippen LogP contribution in [0.4, 0.5) is 5.95 Å². The Morgan fingerprint density at radius 1 is 1.35 bits per heavy atom. The number of hydrogen-bond acceptors (Lipinski definition) is 5. The van der Waals surface area contributed by atoms with Crippen LogP contribution in [0.1, 0.15) is 59.8 Å². The van der Waals surface area contributed by atoms with E-state index in [0.717, 1.165) is 13.1 Å². The van der Waals surface area contributed by atoms with Gasteiger partial charge in [-0.15, -0.1) is 0 Å². The molecule has 1 unspecified atom stereocenters. The molecule has 0 amide bonds. The van der Waals surface area contributed by atoms with Gasteiger partial charge in [0.15, 0.2) is 5.65 Å². The first-order chi connectivity index (χ1) is 12.4. The van der Waals surface area contributed by atoms with E-state index in [1.807, 2.05) is 4.68 Å². The summed E-state index contributed by atoms with van der Waals surface area (Å²) in [4.78, 5) is 22.5. The third kappa shape index (κ3) is 4.09. The van der Waals surface area contributed by atoms with Crippen LogP contribution < -0.4 is 10.9 Å². The maximum atomic E-state index is 12.4. The summed E-state index contributed by atoms with van der Waals surface area (Å²) >= 11 is 0. The zero-order chi connectivity index (χ0) is 18.7. The van der Waals surface area contributed by atoms with Gasteiger partial charge in [-0.05, 0) is 53.1 Å². The van der Waals surface area contributed by atoms with E-state index >= 15 is 0 Å². The van der Waals surface area contributed by atoms with Crippen molar-refractivity contribution in [2.75, 3.05) is 25.0 Å². The standard InChI is InChI=1S/C19H32N6O/c1-5-6-10-24-11-8-7-9-14(24)12-20-18-22-16-15(17(26)23-18)13-21-25(16)19(2,3)4/h13-14H,5-12H2,1-4H3,(H2,20,22,23,26). The molecule has 0 saturated carbocycles. The number of nitrogens with zero attached hydrogens (tertiary/aromatic N) is 4. The molecule has 7 heteroatoms. The molecule has 0 bridgehead atoms. The van der Waals surface area contributed by atoms with Crippen molar-refractivity contribution < 1.29 is 0 Å². The zero-order valence-electron chi connectivity index (χ0n) is 16.5. The second-order valence-corrected chi connectivity index (χ2v) is 8.30. The Kier molecular flexibility index (Phi) is 5.65. The molecule has 144 valence electrons. The highest BCUT2D eigenvalue weighted by atomic mass is 16.1. The molecule has 0 aromatic carbocycles. The van der Waals surface area contributed by atoms with Gasteiger partial charge >= 0.3 is 0 Å². The number of nitrogens with one attached hydrogen (secondary N) is 2. The second kappa shape index (κ2) is 7.78. The molecular formula is C19H32N6O. The van der Waals surface area contributed by atoms with E-state index in [0.29, 0.717) is 23.0 Å². The Labute approximate surface area is 155 Å². The number of likely N-dealkylation sites (tertiary alicyclic amines) is 1. The summed E-state index contributed by atoms with van der Waals surface area (Å²) in [6, 6.07) is 0.504. The number of aromatic nitrogens is 4. The van der Waals surface area contributed by atoms with E-state index in [1.165, 1.54) is 38.6 Å². The number of H-pyrrole nitrogens is 1. The SMILES string of the molecule is CCCCN1CCCCC1CNc1nc2c(cnn2C(C)(C)C)c(=O)[nH]1. The summed E-state index contributed by atoms with van der Waals surface area (Å²) in [6.07, 6.45) is 7.81. The van der Waals surface area contributed by atoms with Crippen molar-refractivity contribution in [2.45, 2.75) is 71.4 Å². The Bertz CT molecular complexity index is 787. The van der Waals surface area contributed by atoms with E-state index in [9.17, 15) is 4.79 Å². The monoisotopic (exact) mass is 360 g/mol. The van der Waals surface area contributed by atoms with Gasteiger partial charge in [0.1, 0.15) is 5.39 Å². The smallest absolute Gasteiger partial charge is 0.263 e.